The highest BCUT2D eigenvalue weighted by atomic mass is 32.1. The molecule has 0 radical (unpaired) electrons. The van der Waals surface area contributed by atoms with Gasteiger partial charge in [0.05, 0.1) is 44.6 Å². The van der Waals surface area contributed by atoms with Crippen LogP contribution in [0.15, 0.2) is 133 Å². The van der Waals surface area contributed by atoms with Crippen molar-refractivity contribution in [1.82, 2.24) is 9.13 Å². The topological polar surface area (TPSA) is 57.4 Å². The van der Waals surface area contributed by atoms with E-state index in [9.17, 15) is 10.5 Å². The number of aromatic nitrogens is 2. The predicted molar refractivity (Wildman–Crippen MR) is 195 cm³/mol. The van der Waals surface area contributed by atoms with Crippen LogP contribution in [-0.2, 0) is 0 Å². The molecule has 0 aliphatic carbocycles. The lowest BCUT2D eigenvalue weighted by atomic mass is 10.0. The van der Waals surface area contributed by atoms with Crippen molar-refractivity contribution in [2.75, 3.05) is 0 Å². The Morgan fingerprint density at radius 2 is 0.979 bits per heavy atom. The molecule has 4 nitrogen and oxygen atoms in total. The molecular formula is C42H22N4S. The molecule has 0 spiro atoms. The fourth-order valence-electron chi connectivity index (χ4n) is 7.62. The third-order valence-electron chi connectivity index (χ3n) is 9.58. The fraction of sp³-hybridized carbons (Fsp3) is 0. The molecule has 0 fully saturated rings. The molecule has 0 aliphatic heterocycles. The van der Waals surface area contributed by atoms with Crippen molar-refractivity contribution in [1.29, 1.82) is 10.5 Å². The number of hydrogen-bond acceptors (Lipinski definition) is 3. The van der Waals surface area contributed by atoms with E-state index in [4.69, 9.17) is 0 Å². The minimum Gasteiger partial charge on any atom is -0.308 e. The zero-order valence-corrected chi connectivity index (χ0v) is 25.7. The molecule has 10 rings (SSSR count). The standard InChI is InChI=1S/C42H22N4S/c43-23-26-22-38(46-34-15-7-4-13-32(34)41-36(46)20-18-30-29-11-5-8-16-39(29)47-42(30)41)27(24-44)21-37(26)45-33-14-6-3-12-31(33)40-28-10-2-1-9-25(28)17-19-35(40)45/h1-22H. The van der Waals surface area contributed by atoms with Crippen molar-refractivity contribution in [2.45, 2.75) is 0 Å². The van der Waals surface area contributed by atoms with Crippen LogP contribution < -0.4 is 0 Å². The fourth-order valence-corrected chi connectivity index (χ4v) is 8.88. The van der Waals surface area contributed by atoms with E-state index < -0.39 is 0 Å². The maximum atomic E-state index is 10.7. The molecule has 0 N–H and O–H groups in total. The van der Waals surface area contributed by atoms with E-state index in [2.05, 4.69) is 130 Å². The zero-order valence-electron chi connectivity index (χ0n) is 24.9. The van der Waals surface area contributed by atoms with Gasteiger partial charge in [0.1, 0.15) is 12.1 Å². The van der Waals surface area contributed by atoms with E-state index in [-0.39, 0.29) is 0 Å². The molecule has 3 aromatic heterocycles. The second-order valence-corrected chi connectivity index (χ2v) is 13.0. The van der Waals surface area contributed by atoms with Gasteiger partial charge in [0.15, 0.2) is 0 Å². The lowest BCUT2D eigenvalue weighted by Gasteiger charge is -2.15. The lowest BCUT2D eigenvalue weighted by molar-refractivity contribution is 1.12. The summed E-state index contributed by atoms with van der Waals surface area (Å²) in [6.45, 7) is 0. The maximum absolute atomic E-state index is 10.7. The second kappa shape index (κ2) is 9.55. The van der Waals surface area contributed by atoms with Crippen molar-refractivity contribution in [2.24, 2.45) is 0 Å². The number of benzene rings is 7. The Morgan fingerprint density at radius 3 is 1.66 bits per heavy atom. The SMILES string of the molecule is N#Cc1cc(-n2c3ccccc3c3c4sc5ccccc5c4ccc32)c(C#N)cc1-n1c2ccccc2c2c3ccccc3ccc21. The van der Waals surface area contributed by atoms with Gasteiger partial charge in [-0.15, -0.1) is 11.3 Å². The highest BCUT2D eigenvalue weighted by Gasteiger charge is 2.22. The van der Waals surface area contributed by atoms with Crippen LogP contribution >= 0.6 is 11.3 Å². The number of hydrogen-bond donors (Lipinski definition) is 0. The van der Waals surface area contributed by atoms with Crippen LogP contribution in [0.5, 0.6) is 0 Å². The summed E-state index contributed by atoms with van der Waals surface area (Å²) < 4.78 is 6.79. The van der Waals surface area contributed by atoms with Gasteiger partial charge >= 0.3 is 0 Å². The summed E-state index contributed by atoms with van der Waals surface area (Å²) in [7, 11) is 0. The van der Waals surface area contributed by atoms with Crippen LogP contribution in [0.4, 0.5) is 0 Å². The van der Waals surface area contributed by atoms with Gasteiger partial charge < -0.3 is 9.13 Å². The van der Waals surface area contributed by atoms with Crippen LogP contribution in [0.25, 0.3) is 85.9 Å². The van der Waals surface area contributed by atoms with Gasteiger partial charge in [0, 0.05) is 41.7 Å². The van der Waals surface area contributed by atoms with Crippen molar-refractivity contribution >= 4 is 85.9 Å². The van der Waals surface area contributed by atoms with Crippen molar-refractivity contribution < 1.29 is 0 Å². The summed E-state index contributed by atoms with van der Waals surface area (Å²) in [4.78, 5) is 0. The van der Waals surface area contributed by atoms with E-state index >= 15 is 0 Å². The average molecular weight is 615 g/mol. The molecule has 0 saturated heterocycles. The van der Waals surface area contributed by atoms with Crippen LogP contribution in [0, 0.1) is 22.7 Å². The molecule has 0 amide bonds. The Hall–Kier alpha value is -6.40. The van der Waals surface area contributed by atoms with Crippen LogP contribution in [0.2, 0.25) is 0 Å². The minimum atomic E-state index is 0.503. The minimum absolute atomic E-state index is 0.503. The largest absolute Gasteiger partial charge is 0.308 e. The second-order valence-electron chi connectivity index (χ2n) is 11.9. The first-order chi connectivity index (χ1) is 23.2. The molecule has 7 aromatic carbocycles. The van der Waals surface area contributed by atoms with Crippen LogP contribution in [0.3, 0.4) is 0 Å². The zero-order chi connectivity index (χ0) is 31.2. The first kappa shape index (κ1) is 25.9. The van der Waals surface area contributed by atoms with Gasteiger partial charge in [0.25, 0.3) is 0 Å². The number of nitriles is 2. The normalized spacial score (nSPS) is 11.8. The quantitative estimate of drug-likeness (QED) is 0.194. The van der Waals surface area contributed by atoms with Gasteiger partial charge in [0.2, 0.25) is 0 Å². The third-order valence-corrected chi connectivity index (χ3v) is 10.8. The molecular weight excluding hydrogens is 593 g/mol. The predicted octanol–water partition coefficient (Wildman–Crippen LogP) is 11.1. The van der Waals surface area contributed by atoms with Crippen molar-refractivity contribution in [3.05, 3.63) is 145 Å². The highest BCUT2D eigenvalue weighted by Crippen LogP contribution is 2.44. The number of thiophene rings is 1. The summed E-state index contributed by atoms with van der Waals surface area (Å²) in [5.41, 5.74) is 6.42. The smallest absolute Gasteiger partial charge is 0.101 e. The van der Waals surface area contributed by atoms with Gasteiger partial charge in [-0.3, -0.25) is 0 Å². The lowest BCUT2D eigenvalue weighted by Crippen LogP contribution is -2.04. The average Bonchev–Trinajstić information content (AvgIpc) is 3.78. The number of rotatable bonds is 2. The van der Waals surface area contributed by atoms with E-state index in [0.717, 1.165) is 49.0 Å². The molecule has 47 heavy (non-hydrogen) atoms. The number of fused-ring (bicyclic) bond motifs is 12. The molecule has 0 saturated carbocycles. The Balaban J connectivity index is 1.31. The number of nitrogens with zero attached hydrogens (tertiary/aromatic N) is 4. The Bertz CT molecular complexity index is 3050. The van der Waals surface area contributed by atoms with E-state index in [1.165, 1.54) is 25.6 Å². The van der Waals surface area contributed by atoms with Crippen LogP contribution in [0.1, 0.15) is 11.1 Å². The van der Waals surface area contributed by atoms with Gasteiger partial charge in [-0.1, -0.05) is 91.0 Å². The monoisotopic (exact) mass is 614 g/mol. The molecule has 0 unspecified atom stereocenters. The van der Waals surface area contributed by atoms with E-state index in [1.54, 1.807) is 11.3 Å². The van der Waals surface area contributed by atoms with Gasteiger partial charge in [-0.2, -0.15) is 10.5 Å². The van der Waals surface area contributed by atoms with Crippen molar-refractivity contribution in [3.8, 4) is 23.5 Å². The Kier molecular flexibility index (Phi) is 5.26. The van der Waals surface area contributed by atoms with E-state index in [0.29, 0.717) is 22.5 Å². The van der Waals surface area contributed by atoms with Gasteiger partial charge in [-0.25, -0.2) is 0 Å². The molecule has 0 aliphatic rings. The molecule has 0 bridgehead atoms. The Labute approximate surface area is 272 Å². The molecule has 5 heteroatoms. The molecule has 0 atom stereocenters. The summed E-state index contributed by atoms with van der Waals surface area (Å²) in [6.07, 6.45) is 0. The molecule has 3 heterocycles. The maximum Gasteiger partial charge on any atom is 0.101 e. The third kappa shape index (κ3) is 3.44. The number of para-hydroxylation sites is 2. The summed E-state index contributed by atoms with van der Waals surface area (Å²) in [6, 6.07) is 51.0. The van der Waals surface area contributed by atoms with Crippen LogP contribution in [-0.4, -0.2) is 9.13 Å². The van der Waals surface area contributed by atoms with Crippen molar-refractivity contribution in [3.63, 3.8) is 0 Å². The van der Waals surface area contributed by atoms with Gasteiger partial charge in [-0.05, 0) is 53.2 Å². The van der Waals surface area contributed by atoms with E-state index in [1.807, 2.05) is 24.3 Å². The molecule has 10 aromatic rings. The first-order valence-electron chi connectivity index (χ1n) is 15.5. The first-order valence-corrected chi connectivity index (χ1v) is 16.3. The summed E-state index contributed by atoms with van der Waals surface area (Å²) in [5, 5.41) is 30.8. The highest BCUT2D eigenvalue weighted by molar-refractivity contribution is 7.26. The summed E-state index contributed by atoms with van der Waals surface area (Å²) in [5.74, 6) is 0. The summed E-state index contributed by atoms with van der Waals surface area (Å²) >= 11 is 1.80. The Morgan fingerprint density at radius 1 is 0.447 bits per heavy atom. The molecule has 216 valence electrons.